The molecule has 0 radical (unpaired) electrons. The van der Waals surface area contributed by atoms with E-state index in [0.717, 1.165) is 0 Å². The van der Waals surface area contributed by atoms with Crippen molar-refractivity contribution in [1.82, 2.24) is 5.32 Å². The molecular weight excluding hydrogens is 434 g/mol. The van der Waals surface area contributed by atoms with Crippen LogP contribution in [-0.4, -0.2) is 52.1 Å². The Morgan fingerprint density at radius 2 is 1.72 bits per heavy atom. The van der Waals surface area contributed by atoms with Crippen molar-refractivity contribution in [3.8, 4) is 47.7 Å². The number of carbonyl (C=O) groups excluding carboxylic acids is 1. The van der Waals surface area contributed by atoms with Gasteiger partial charge in [-0.15, -0.1) is 12.8 Å². The van der Waals surface area contributed by atoms with Crippen LogP contribution in [0.2, 0.25) is 5.02 Å². The Morgan fingerprint density at radius 3 is 2.41 bits per heavy atom. The Balaban J connectivity index is 1.82. The lowest BCUT2D eigenvalue weighted by atomic mass is 10.3. The molecule has 1 atom stereocenters. The van der Waals surface area contributed by atoms with Gasteiger partial charge in [0.15, 0.2) is 17.6 Å². The summed E-state index contributed by atoms with van der Waals surface area (Å²) in [6, 6.07) is 11.9. The number of halogens is 1. The predicted molar refractivity (Wildman–Crippen MR) is 121 cm³/mol. The second-order valence-corrected chi connectivity index (χ2v) is 6.65. The minimum atomic E-state index is -0.880. The number of rotatable bonds is 13. The molecule has 1 unspecified atom stereocenters. The fourth-order valence-corrected chi connectivity index (χ4v) is 2.61. The molecule has 0 saturated heterocycles. The number of hydrogen-bond donors (Lipinski definition) is 1. The lowest BCUT2D eigenvalue weighted by molar-refractivity contribution is -0.133. The van der Waals surface area contributed by atoms with E-state index in [9.17, 15) is 4.79 Å². The van der Waals surface area contributed by atoms with E-state index in [2.05, 4.69) is 17.2 Å². The van der Waals surface area contributed by atoms with Crippen molar-refractivity contribution in [3.05, 3.63) is 47.5 Å². The maximum atomic E-state index is 12.5. The SMILES string of the molecule is C#CCOc1ccc(OCCNC(=O)C(COc2ccc(Cl)cc2)OCC#C)cc1OC. The maximum Gasteiger partial charge on any atom is 0.252 e. The number of ether oxygens (including phenoxy) is 5. The van der Waals surface area contributed by atoms with E-state index >= 15 is 0 Å². The second kappa shape index (κ2) is 13.7. The van der Waals surface area contributed by atoms with Crippen molar-refractivity contribution in [2.45, 2.75) is 6.10 Å². The average molecular weight is 458 g/mol. The van der Waals surface area contributed by atoms with E-state index in [1.165, 1.54) is 7.11 Å². The summed E-state index contributed by atoms with van der Waals surface area (Å²) in [6.45, 7) is 0.568. The lowest BCUT2D eigenvalue weighted by Gasteiger charge is -2.17. The molecule has 7 nitrogen and oxygen atoms in total. The topological polar surface area (TPSA) is 75.3 Å². The van der Waals surface area contributed by atoms with E-state index in [1.54, 1.807) is 42.5 Å². The summed E-state index contributed by atoms with van der Waals surface area (Å²) in [5.74, 6) is 6.48. The molecule has 0 aliphatic rings. The van der Waals surface area contributed by atoms with E-state index < -0.39 is 6.10 Å². The van der Waals surface area contributed by atoms with Crippen molar-refractivity contribution in [2.24, 2.45) is 0 Å². The van der Waals surface area contributed by atoms with Crippen LogP contribution in [0.15, 0.2) is 42.5 Å². The minimum absolute atomic E-state index is 0.00762. The van der Waals surface area contributed by atoms with Gasteiger partial charge >= 0.3 is 0 Å². The summed E-state index contributed by atoms with van der Waals surface area (Å²) in [7, 11) is 1.52. The second-order valence-electron chi connectivity index (χ2n) is 6.21. The number of carbonyl (C=O) groups is 1. The van der Waals surface area contributed by atoms with Gasteiger partial charge in [0.1, 0.15) is 37.9 Å². The summed E-state index contributed by atoms with van der Waals surface area (Å²) < 4.78 is 27.3. The Kier molecular flexibility index (Phi) is 10.6. The molecule has 1 N–H and O–H groups in total. The number of benzene rings is 2. The zero-order chi connectivity index (χ0) is 23.2. The summed E-state index contributed by atoms with van der Waals surface area (Å²) in [4.78, 5) is 12.5. The van der Waals surface area contributed by atoms with Gasteiger partial charge in [0, 0.05) is 11.1 Å². The minimum Gasteiger partial charge on any atom is -0.493 e. The first-order chi connectivity index (χ1) is 15.6. The van der Waals surface area contributed by atoms with Gasteiger partial charge in [0.2, 0.25) is 0 Å². The molecule has 168 valence electrons. The van der Waals surface area contributed by atoms with Gasteiger partial charge in [0.05, 0.1) is 13.7 Å². The number of nitrogens with one attached hydrogen (secondary N) is 1. The van der Waals surface area contributed by atoms with Gasteiger partial charge < -0.3 is 29.0 Å². The van der Waals surface area contributed by atoms with Crippen LogP contribution >= 0.6 is 11.6 Å². The lowest BCUT2D eigenvalue weighted by Crippen LogP contribution is -2.41. The standard InChI is InChI=1S/C24H24ClNO6/c1-4-13-30-21-11-10-20(16-22(21)28-3)29-15-12-26-24(27)23(31-14-5-2)17-32-19-8-6-18(25)7-9-19/h1-2,6-11,16,23H,12-15,17H2,3H3,(H,26,27). The molecule has 2 rings (SSSR count). The Bertz CT molecular complexity index is 948. The fourth-order valence-electron chi connectivity index (χ4n) is 2.48. The number of amides is 1. The van der Waals surface area contributed by atoms with Gasteiger partial charge in [-0.05, 0) is 36.4 Å². The highest BCUT2D eigenvalue weighted by Gasteiger charge is 2.19. The summed E-state index contributed by atoms with van der Waals surface area (Å²) in [5, 5.41) is 3.32. The van der Waals surface area contributed by atoms with Gasteiger partial charge in [-0.3, -0.25) is 4.79 Å². The molecule has 0 aromatic heterocycles. The normalized spacial score (nSPS) is 10.9. The highest BCUT2D eigenvalue weighted by atomic mass is 35.5. The first kappa shape index (κ1) is 24.7. The van der Waals surface area contributed by atoms with E-state index in [0.29, 0.717) is 28.0 Å². The maximum absolute atomic E-state index is 12.5. The van der Waals surface area contributed by atoms with Crippen LogP contribution in [0.1, 0.15) is 0 Å². The van der Waals surface area contributed by atoms with Gasteiger partial charge in [0.25, 0.3) is 5.91 Å². The van der Waals surface area contributed by atoms with Crippen molar-refractivity contribution < 1.29 is 28.5 Å². The molecule has 0 spiro atoms. The van der Waals surface area contributed by atoms with Gasteiger partial charge in [-0.25, -0.2) is 0 Å². The predicted octanol–water partition coefficient (Wildman–Crippen LogP) is 2.95. The molecule has 32 heavy (non-hydrogen) atoms. The first-order valence-electron chi connectivity index (χ1n) is 9.65. The third-order valence-electron chi connectivity index (χ3n) is 3.99. The first-order valence-corrected chi connectivity index (χ1v) is 10.0. The zero-order valence-corrected chi connectivity index (χ0v) is 18.4. The van der Waals surface area contributed by atoms with E-state index in [-0.39, 0.29) is 38.9 Å². The third-order valence-corrected chi connectivity index (χ3v) is 4.24. The smallest absolute Gasteiger partial charge is 0.252 e. The van der Waals surface area contributed by atoms with Gasteiger partial charge in [-0.1, -0.05) is 23.4 Å². The molecule has 0 heterocycles. The number of terminal acetylenes is 2. The number of hydrogen-bond acceptors (Lipinski definition) is 6. The summed E-state index contributed by atoms with van der Waals surface area (Å²) in [5.41, 5.74) is 0. The molecule has 1 amide bonds. The van der Waals surface area contributed by atoms with Crippen LogP contribution in [0.25, 0.3) is 0 Å². The van der Waals surface area contributed by atoms with E-state index in [4.69, 9.17) is 48.1 Å². The van der Waals surface area contributed by atoms with Crippen molar-refractivity contribution in [2.75, 3.05) is 40.1 Å². The van der Waals surface area contributed by atoms with Crippen LogP contribution in [0.4, 0.5) is 0 Å². The van der Waals surface area contributed by atoms with Crippen LogP contribution in [0.5, 0.6) is 23.0 Å². The molecule has 0 aliphatic heterocycles. The Labute approximate surface area is 192 Å². The molecule has 8 heteroatoms. The zero-order valence-electron chi connectivity index (χ0n) is 17.6. The van der Waals surface area contributed by atoms with Crippen LogP contribution < -0.4 is 24.3 Å². The fraction of sp³-hybridized carbons (Fsp3) is 0.292. The molecule has 2 aromatic rings. The summed E-state index contributed by atoms with van der Waals surface area (Å²) >= 11 is 5.85. The highest BCUT2D eigenvalue weighted by molar-refractivity contribution is 6.30. The highest BCUT2D eigenvalue weighted by Crippen LogP contribution is 2.31. The third kappa shape index (κ3) is 8.31. The summed E-state index contributed by atoms with van der Waals surface area (Å²) in [6.07, 6.45) is 9.56. The van der Waals surface area contributed by atoms with Crippen LogP contribution in [0, 0.1) is 24.7 Å². The van der Waals surface area contributed by atoms with Crippen LogP contribution in [-0.2, 0) is 9.53 Å². The van der Waals surface area contributed by atoms with Crippen molar-refractivity contribution >= 4 is 17.5 Å². The molecule has 0 bridgehead atoms. The molecular formula is C24H24ClNO6. The molecule has 0 aliphatic carbocycles. The largest absolute Gasteiger partial charge is 0.493 e. The van der Waals surface area contributed by atoms with Crippen molar-refractivity contribution in [1.29, 1.82) is 0 Å². The van der Waals surface area contributed by atoms with E-state index in [1.807, 2.05) is 0 Å². The average Bonchev–Trinajstić information content (AvgIpc) is 2.81. The number of methoxy groups -OCH3 is 1. The van der Waals surface area contributed by atoms with Gasteiger partial charge in [-0.2, -0.15) is 0 Å². The Morgan fingerprint density at radius 1 is 1.00 bits per heavy atom. The molecule has 0 fully saturated rings. The van der Waals surface area contributed by atoms with Crippen LogP contribution in [0.3, 0.4) is 0 Å². The molecule has 2 aromatic carbocycles. The monoisotopic (exact) mass is 457 g/mol. The Hall–Kier alpha value is -3.52. The quantitative estimate of drug-likeness (QED) is 0.368. The molecule has 0 saturated carbocycles. The van der Waals surface area contributed by atoms with Crippen molar-refractivity contribution in [3.63, 3.8) is 0 Å².